The van der Waals surface area contributed by atoms with Crippen molar-refractivity contribution in [2.45, 2.75) is 12.8 Å². The van der Waals surface area contributed by atoms with E-state index in [9.17, 15) is 0 Å². The minimum Gasteiger partial charge on any atom is -0.330 e. The van der Waals surface area contributed by atoms with E-state index in [1.807, 2.05) is 12.4 Å². The second-order valence-electron chi connectivity index (χ2n) is 3.58. The van der Waals surface area contributed by atoms with Crippen LogP contribution in [0.25, 0.3) is 10.8 Å². The molecule has 0 aliphatic rings. The number of nitrogens with zero attached hydrogens (tertiary/aromatic N) is 1. The molecular formula is C12H14N2. The second-order valence-corrected chi connectivity index (χ2v) is 3.58. The van der Waals surface area contributed by atoms with Gasteiger partial charge >= 0.3 is 0 Å². The van der Waals surface area contributed by atoms with Crippen LogP contribution < -0.4 is 5.73 Å². The Balaban J connectivity index is 2.65. The highest BCUT2D eigenvalue weighted by molar-refractivity contribution is 5.85. The molecule has 72 valence electrons. The number of pyridine rings is 1. The average molecular weight is 186 g/mol. The van der Waals surface area contributed by atoms with E-state index < -0.39 is 0 Å². The smallest absolute Gasteiger partial charge is 0.0346 e. The first-order chi connectivity index (χ1) is 6.83. The molecule has 2 heteroatoms. The van der Waals surface area contributed by atoms with E-state index in [0.717, 1.165) is 0 Å². The van der Waals surface area contributed by atoms with Gasteiger partial charge in [0.25, 0.3) is 0 Å². The molecule has 0 saturated carbocycles. The van der Waals surface area contributed by atoms with Crippen molar-refractivity contribution in [1.82, 2.24) is 4.98 Å². The largest absolute Gasteiger partial charge is 0.330 e. The Morgan fingerprint density at radius 3 is 3.00 bits per heavy atom. The summed E-state index contributed by atoms with van der Waals surface area (Å²) in [5.41, 5.74) is 6.99. The summed E-state index contributed by atoms with van der Waals surface area (Å²) in [6, 6.07) is 8.33. The van der Waals surface area contributed by atoms with Crippen LogP contribution in [0.1, 0.15) is 18.4 Å². The minimum absolute atomic E-state index is 0.404. The Kier molecular flexibility index (Phi) is 2.46. The fourth-order valence-corrected chi connectivity index (χ4v) is 1.70. The zero-order valence-electron chi connectivity index (χ0n) is 8.27. The minimum atomic E-state index is 0.404. The van der Waals surface area contributed by atoms with Crippen molar-refractivity contribution in [2.75, 3.05) is 6.54 Å². The van der Waals surface area contributed by atoms with Gasteiger partial charge in [-0.1, -0.05) is 25.1 Å². The van der Waals surface area contributed by atoms with Crippen molar-refractivity contribution in [1.29, 1.82) is 0 Å². The molecule has 0 spiro atoms. The summed E-state index contributed by atoms with van der Waals surface area (Å²) in [5, 5.41) is 2.45. The highest BCUT2D eigenvalue weighted by atomic mass is 14.6. The molecule has 0 fully saturated rings. The summed E-state index contributed by atoms with van der Waals surface area (Å²) in [6.45, 7) is 2.83. The molecule has 1 aromatic heterocycles. The van der Waals surface area contributed by atoms with Crippen molar-refractivity contribution >= 4 is 10.8 Å². The standard InChI is InChI=1S/C12H14N2/c1-9(7-13)11-4-2-3-10-8-14-6-5-12(10)11/h2-6,8-9H,7,13H2,1H3. The number of hydrogen-bond acceptors (Lipinski definition) is 2. The second kappa shape index (κ2) is 3.76. The predicted octanol–water partition coefficient (Wildman–Crippen LogP) is 2.30. The van der Waals surface area contributed by atoms with Crippen LogP contribution in [0.3, 0.4) is 0 Å². The number of nitrogens with two attached hydrogens (primary N) is 1. The van der Waals surface area contributed by atoms with E-state index in [-0.39, 0.29) is 0 Å². The molecule has 2 N–H and O–H groups in total. The van der Waals surface area contributed by atoms with Crippen LogP contribution in [0.2, 0.25) is 0 Å². The van der Waals surface area contributed by atoms with Gasteiger partial charge in [-0.3, -0.25) is 4.98 Å². The van der Waals surface area contributed by atoms with Crippen LogP contribution in [0.15, 0.2) is 36.7 Å². The maximum atomic E-state index is 5.68. The fraction of sp³-hybridized carbons (Fsp3) is 0.250. The molecule has 2 rings (SSSR count). The van der Waals surface area contributed by atoms with E-state index in [0.29, 0.717) is 12.5 Å². The predicted molar refractivity (Wildman–Crippen MR) is 59.2 cm³/mol. The number of hydrogen-bond donors (Lipinski definition) is 1. The number of fused-ring (bicyclic) bond motifs is 1. The first-order valence-corrected chi connectivity index (χ1v) is 4.85. The first-order valence-electron chi connectivity index (χ1n) is 4.85. The van der Waals surface area contributed by atoms with Crippen LogP contribution in [0.4, 0.5) is 0 Å². The van der Waals surface area contributed by atoms with E-state index >= 15 is 0 Å². The summed E-state index contributed by atoms with van der Waals surface area (Å²) in [6.07, 6.45) is 3.72. The molecule has 1 unspecified atom stereocenters. The van der Waals surface area contributed by atoms with Gasteiger partial charge in [0.05, 0.1) is 0 Å². The summed E-state index contributed by atoms with van der Waals surface area (Å²) in [7, 11) is 0. The van der Waals surface area contributed by atoms with E-state index in [1.165, 1.54) is 16.3 Å². The van der Waals surface area contributed by atoms with Crippen LogP contribution in [0.5, 0.6) is 0 Å². The lowest BCUT2D eigenvalue weighted by Crippen LogP contribution is -2.09. The number of rotatable bonds is 2. The van der Waals surface area contributed by atoms with Gasteiger partial charge in [-0.15, -0.1) is 0 Å². The molecule has 2 aromatic rings. The topological polar surface area (TPSA) is 38.9 Å². The van der Waals surface area contributed by atoms with E-state index in [1.54, 1.807) is 0 Å². The summed E-state index contributed by atoms with van der Waals surface area (Å²) in [4.78, 5) is 4.11. The molecule has 0 aliphatic carbocycles. The molecule has 0 saturated heterocycles. The lowest BCUT2D eigenvalue weighted by atomic mass is 9.96. The van der Waals surface area contributed by atoms with E-state index in [4.69, 9.17) is 5.73 Å². The summed E-state index contributed by atoms with van der Waals surface area (Å²) < 4.78 is 0. The van der Waals surface area contributed by atoms with Crippen LogP contribution in [-0.4, -0.2) is 11.5 Å². The molecule has 2 nitrogen and oxygen atoms in total. The SMILES string of the molecule is CC(CN)c1cccc2cnccc12. The van der Waals surface area contributed by atoms with Gasteiger partial charge in [0.15, 0.2) is 0 Å². The Morgan fingerprint density at radius 1 is 1.36 bits per heavy atom. The highest BCUT2D eigenvalue weighted by Crippen LogP contribution is 2.23. The molecule has 1 aromatic carbocycles. The third-order valence-electron chi connectivity index (χ3n) is 2.60. The van der Waals surface area contributed by atoms with Gasteiger partial charge in [0.1, 0.15) is 0 Å². The molecule has 1 atom stereocenters. The zero-order chi connectivity index (χ0) is 9.97. The van der Waals surface area contributed by atoms with Crippen LogP contribution >= 0.6 is 0 Å². The van der Waals surface area contributed by atoms with Crippen molar-refractivity contribution in [3.05, 3.63) is 42.2 Å². The van der Waals surface area contributed by atoms with Gasteiger partial charge in [0.2, 0.25) is 0 Å². The third kappa shape index (κ3) is 1.49. The lowest BCUT2D eigenvalue weighted by molar-refractivity contribution is 0.781. The van der Waals surface area contributed by atoms with Gasteiger partial charge in [0, 0.05) is 17.8 Å². The quantitative estimate of drug-likeness (QED) is 0.781. The zero-order valence-corrected chi connectivity index (χ0v) is 8.27. The Labute approximate surface area is 83.8 Å². The molecule has 0 bridgehead atoms. The first kappa shape index (κ1) is 9.16. The molecular weight excluding hydrogens is 172 g/mol. The van der Waals surface area contributed by atoms with Crippen molar-refractivity contribution in [3.8, 4) is 0 Å². The lowest BCUT2D eigenvalue weighted by Gasteiger charge is -2.11. The normalized spacial score (nSPS) is 13.0. The fourth-order valence-electron chi connectivity index (χ4n) is 1.70. The molecule has 0 radical (unpaired) electrons. The van der Waals surface area contributed by atoms with Crippen molar-refractivity contribution in [2.24, 2.45) is 5.73 Å². The van der Waals surface area contributed by atoms with Gasteiger partial charge in [-0.05, 0) is 29.5 Å². The van der Waals surface area contributed by atoms with Gasteiger partial charge in [-0.25, -0.2) is 0 Å². The average Bonchev–Trinajstić information content (AvgIpc) is 2.27. The van der Waals surface area contributed by atoms with Crippen molar-refractivity contribution in [3.63, 3.8) is 0 Å². The van der Waals surface area contributed by atoms with E-state index in [2.05, 4.69) is 36.2 Å². The molecule has 0 amide bonds. The van der Waals surface area contributed by atoms with Crippen LogP contribution in [-0.2, 0) is 0 Å². The van der Waals surface area contributed by atoms with Crippen molar-refractivity contribution < 1.29 is 0 Å². The van der Waals surface area contributed by atoms with Crippen LogP contribution in [0, 0.1) is 0 Å². The maximum absolute atomic E-state index is 5.68. The summed E-state index contributed by atoms with van der Waals surface area (Å²) >= 11 is 0. The third-order valence-corrected chi connectivity index (χ3v) is 2.60. The monoisotopic (exact) mass is 186 g/mol. The maximum Gasteiger partial charge on any atom is 0.0346 e. The van der Waals surface area contributed by atoms with Gasteiger partial charge in [-0.2, -0.15) is 0 Å². The Morgan fingerprint density at radius 2 is 2.21 bits per heavy atom. The summed E-state index contributed by atoms with van der Waals surface area (Å²) in [5.74, 6) is 0.404. The Bertz CT molecular complexity index is 432. The molecule has 0 aliphatic heterocycles. The molecule has 14 heavy (non-hydrogen) atoms. The highest BCUT2D eigenvalue weighted by Gasteiger charge is 2.06. The van der Waals surface area contributed by atoms with Gasteiger partial charge < -0.3 is 5.73 Å². The molecule has 1 heterocycles. The Hall–Kier alpha value is -1.41. The number of aromatic nitrogens is 1. The number of benzene rings is 1.